The van der Waals surface area contributed by atoms with E-state index in [9.17, 15) is 4.79 Å². The summed E-state index contributed by atoms with van der Waals surface area (Å²) in [6.45, 7) is 6.30. The number of aryl methyl sites for hydroxylation is 1. The molecule has 0 spiro atoms. The van der Waals surface area contributed by atoms with Crippen LogP contribution in [0.4, 0.5) is 0 Å². The Bertz CT molecular complexity index is 1010. The van der Waals surface area contributed by atoms with Crippen LogP contribution in [0.1, 0.15) is 30.7 Å². The lowest BCUT2D eigenvalue weighted by atomic mass is 10.2. The van der Waals surface area contributed by atoms with Gasteiger partial charge in [-0.2, -0.15) is 0 Å². The van der Waals surface area contributed by atoms with Crippen molar-refractivity contribution in [3.05, 3.63) is 65.6 Å². The van der Waals surface area contributed by atoms with Crippen LogP contribution < -0.4 is 14.8 Å². The summed E-state index contributed by atoms with van der Waals surface area (Å²) in [4.78, 5) is 16.7. The molecule has 6 nitrogen and oxygen atoms in total. The van der Waals surface area contributed by atoms with E-state index in [1.807, 2.05) is 67.9 Å². The van der Waals surface area contributed by atoms with Crippen molar-refractivity contribution < 1.29 is 14.3 Å². The van der Waals surface area contributed by atoms with Gasteiger partial charge in [-0.05, 0) is 56.2 Å². The number of carbonyl (C=O) groups is 1. The molecule has 0 bridgehead atoms. The van der Waals surface area contributed by atoms with Crippen molar-refractivity contribution in [3.63, 3.8) is 0 Å². The molecule has 0 atom stereocenters. The molecule has 6 heteroatoms. The minimum atomic E-state index is -0.185. The van der Waals surface area contributed by atoms with E-state index < -0.39 is 0 Å². The number of fused-ring (bicyclic) bond motifs is 1. The summed E-state index contributed by atoms with van der Waals surface area (Å²) in [6, 6.07) is 9.55. The molecule has 1 N–H and O–H groups in total. The van der Waals surface area contributed by atoms with E-state index >= 15 is 0 Å². The van der Waals surface area contributed by atoms with Crippen LogP contribution in [0.25, 0.3) is 11.7 Å². The Balaban J connectivity index is 1.62. The molecule has 0 saturated carbocycles. The van der Waals surface area contributed by atoms with Gasteiger partial charge in [0.05, 0.1) is 25.5 Å². The SMILES string of the molecule is COc1cc(/C=C/C(=O)NCc2cn3cccc(C)c3n2)ccc1OC(C)C. The van der Waals surface area contributed by atoms with Crippen molar-refractivity contribution in [2.75, 3.05) is 7.11 Å². The van der Waals surface area contributed by atoms with Crippen molar-refractivity contribution in [3.8, 4) is 11.5 Å². The zero-order valence-corrected chi connectivity index (χ0v) is 16.6. The van der Waals surface area contributed by atoms with Crippen molar-refractivity contribution in [2.24, 2.45) is 0 Å². The van der Waals surface area contributed by atoms with E-state index in [-0.39, 0.29) is 12.0 Å². The van der Waals surface area contributed by atoms with Crippen LogP contribution in [-0.4, -0.2) is 28.5 Å². The van der Waals surface area contributed by atoms with Gasteiger partial charge in [0.1, 0.15) is 5.65 Å². The predicted molar refractivity (Wildman–Crippen MR) is 110 cm³/mol. The predicted octanol–water partition coefficient (Wildman–Crippen LogP) is 3.77. The van der Waals surface area contributed by atoms with Crippen LogP contribution >= 0.6 is 0 Å². The van der Waals surface area contributed by atoms with Crippen LogP contribution in [0.5, 0.6) is 11.5 Å². The van der Waals surface area contributed by atoms with Gasteiger partial charge in [0.25, 0.3) is 0 Å². The van der Waals surface area contributed by atoms with Gasteiger partial charge in [0.2, 0.25) is 5.91 Å². The highest BCUT2D eigenvalue weighted by atomic mass is 16.5. The van der Waals surface area contributed by atoms with E-state index in [1.165, 1.54) is 6.08 Å². The first kappa shape index (κ1) is 19.5. The number of methoxy groups -OCH3 is 1. The van der Waals surface area contributed by atoms with Crippen molar-refractivity contribution >= 4 is 17.6 Å². The van der Waals surface area contributed by atoms with Gasteiger partial charge < -0.3 is 19.2 Å². The Morgan fingerprint density at radius 2 is 2.11 bits per heavy atom. The first-order valence-electron chi connectivity index (χ1n) is 9.20. The number of pyridine rings is 1. The lowest BCUT2D eigenvalue weighted by Gasteiger charge is -2.13. The number of imidazole rings is 1. The Morgan fingerprint density at radius 3 is 2.82 bits per heavy atom. The van der Waals surface area contributed by atoms with Gasteiger partial charge in [-0.1, -0.05) is 12.1 Å². The maximum Gasteiger partial charge on any atom is 0.244 e. The molecule has 146 valence electrons. The zero-order chi connectivity index (χ0) is 20.1. The van der Waals surface area contributed by atoms with Crippen LogP contribution in [0, 0.1) is 6.92 Å². The lowest BCUT2D eigenvalue weighted by molar-refractivity contribution is -0.116. The third kappa shape index (κ3) is 4.71. The number of nitrogens with one attached hydrogen (secondary N) is 1. The second kappa shape index (κ2) is 8.61. The van der Waals surface area contributed by atoms with Gasteiger partial charge in [0.15, 0.2) is 11.5 Å². The van der Waals surface area contributed by atoms with E-state index in [0.717, 1.165) is 22.5 Å². The Hall–Kier alpha value is -3.28. The molecule has 3 aromatic rings. The van der Waals surface area contributed by atoms with Gasteiger partial charge in [0, 0.05) is 18.5 Å². The maximum atomic E-state index is 12.2. The van der Waals surface area contributed by atoms with Gasteiger partial charge in [-0.3, -0.25) is 4.79 Å². The summed E-state index contributed by atoms with van der Waals surface area (Å²) in [6.07, 6.45) is 7.17. The van der Waals surface area contributed by atoms with Gasteiger partial charge in [-0.25, -0.2) is 4.98 Å². The van der Waals surface area contributed by atoms with Crippen molar-refractivity contribution in [1.29, 1.82) is 0 Å². The average Bonchev–Trinajstić information content (AvgIpc) is 3.09. The first-order chi connectivity index (χ1) is 13.5. The van der Waals surface area contributed by atoms with Crippen LogP contribution in [0.3, 0.4) is 0 Å². The molecule has 0 saturated heterocycles. The van der Waals surface area contributed by atoms with Crippen LogP contribution in [0.15, 0.2) is 48.8 Å². The van der Waals surface area contributed by atoms with E-state index in [2.05, 4.69) is 10.3 Å². The number of nitrogens with zero attached hydrogens (tertiary/aromatic N) is 2. The Kier molecular flexibility index (Phi) is 5.99. The fourth-order valence-corrected chi connectivity index (χ4v) is 2.84. The highest BCUT2D eigenvalue weighted by Crippen LogP contribution is 2.29. The molecule has 1 amide bonds. The molecule has 1 aromatic carbocycles. The Labute approximate surface area is 164 Å². The van der Waals surface area contributed by atoms with Gasteiger partial charge in [-0.15, -0.1) is 0 Å². The number of hydrogen-bond donors (Lipinski definition) is 1. The largest absolute Gasteiger partial charge is 0.493 e. The molecular formula is C22H25N3O3. The number of carbonyl (C=O) groups excluding carboxylic acids is 1. The smallest absolute Gasteiger partial charge is 0.244 e. The number of rotatable bonds is 7. The minimum absolute atomic E-state index is 0.0597. The highest BCUT2D eigenvalue weighted by Gasteiger charge is 2.07. The third-order valence-corrected chi connectivity index (χ3v) is 4.15. The second-order valence-corrected chi connectivity index (χ2v) is 6.78. The summed E-state index contributed by atoms with van der Waals surface area (Å²) >= 11 is 0. The minimum Gasteiger partial charge on any atom is -0.493 e. The van der Waals surface area contributed by atoms with E-state index in [4.69, 9.17) is 9.47 Å². The fourth-order valence-electron chi connectivity index (χ4n) is 2.84. The summed E-state index contributed by atoms with van der Waals surface area (Å²) in [5.41, 5.74) is 3.66. The molecule has 2 aromatic heterocycles. The van der Waals surface area contributed by atoms with Gasteiger partial charge >= 0.3 is 0 Å². The molecule has 3 rings (SSSR count). The summed E-state index contributed by atoms with van der Waals surface area (Å²) < 4.78 is 13.0. The molecule has 0 aliphatic carbocycles. The second-order valence-electron chi connectivity index (χ2n) is 6.78. The number of benzene rings is 1. The highest BCUT2D eigenvalue weighted by molar-refractivity contribution is 5.91. The monoisotopic (exact) mass is 379 g/mol. The summed E-state index contributed by atoms with van der Waals surface area (Å²) in [5, 5.41) is 2.86. The molecule has 0 unspecified atom stereocenters. The van der Waals surface area contributed by atoms with Crippen LogP contribution in [0.2, 0.25) is 0 Å². The fraction of sp³-hybridized carbons (Fsp3) is 0.273. The number of amides is 1. The molecule has 28 heavy (non-hydrogen) atoms. The van der Waals surface area contributed by atoms with Crippen molar-refractivity contribution in [2.45, 2.75) is 33.4 Å². The lowest BCUT2D eigenvalue weighted by Crippen LogP contribution is -2.20. The zero-order valence-electron chi connectivity index (χ0n) is 16.6. The molecule has 0 radical (unpaired) electrons. The number of ether oxygens (including phenoxy) is 2. The number of aromatic nitrogens is 2. The molecular weight excluding hydrogens is 354 g/mol. The molecule has 2 heterocycles. The van der Waals surface area contributed by atoms with Crippen molar-refractivity contribution in [1.82, 2.24) is 14.7 Å². The van der Waals surface area contributed by atoms with E-state index in [1.54, 1.807) is 13.2 Å². The first-order valence-corrected chi connectivity index (χ1v) is 9.20. The van der Waals surface area contributed by atoms with Crippen LogP contribution in [-0.2, 0) is 11.3 Å². The summed E-state index contributed by atoms with van der Waals surface area (Å²) in [7, 11) is 1.60. The summed E-state index contributed by atoms with van der Waals surface area (Å²) in [5.74, 6) is 1.13. The molecule has 0 fully saturated rings. The average molecular weight is 379 g/mol. The molecule has 0 aliphatic rings. The quantitative estimate of drug-likeness (QED) is 0.635. The molecule has 0 aliphatic heterocycles. The third-order valence-electron chi connectivity index (χ3n) is 4.15. The maximum absolute atomic E-state index is 12.2. The number of hydrogen-bond acceptors (Lipinski definition) is 4. The normalized spacial score (nSPS) is 11.3. The van der Waals surface area contributed by atoms with E-state index in [0.29, 0.717) is 18.0 Å². The standard InChI is InChI=1S/C22H25N3O3/c1-15(2)28-19-9-7-17(12-20(19)27-4)8-10-21(26)23-13-18-14-25-11-5-6-16(3)22(25)24-18/h5-12,14-15H,13H2,1-4H3,(H,23,26)/b10-8+. The Morgan fingerprint density at radius 1 is 1.29 bits per heavy atom. The topological polar surface area (TPSA) is 64.9 Å².